The summed E-state index contributed by atoms with van der Waals surface area (Å²) in [6.45, 7) is 1.72. The van der Waals surface area contributed by atoms with Crippen LogP contribution < -0.4 is 20.8 Å². The smallest absolute Gasteiger partial charge is 0.267 e. The van der Waals surface area contributed by atoms with Crippen LogP contribution in [-0.2, 0) is 4.79 Å². The highest BCUT2D eigenvalue weighted by Gasteiger charge is 2.25. The Labute approximate surface area is 132 Å². The molecule has 0 aliphatic rings. The number of primary amides is 1. The maximum absolute atomic E-state index is 12.1. The van der Waals surface area contributed by atoms with E-state index in [1.165, 1.54) is 14.2 Å². The number of hydrogen-bond donors (Lipinski definition) is 4. The molecular weight excluding hydrogens is 302 g/mol. The van der Waals surface area contributed by atoms with Crippen molar-refractivity contribution >= 4 is 5.91 Å². The summed E-state index contributed by atoms with van der Waals surface area (Å²) in [5.41, 5.74) is 6.58. The van der Waals surface area contributed by atoms with Crippen molar-refractivity contribution in [3.8, 4) is 17.2 Å². The normalized spacial score (nSPS) is 12.0. The van der Waals surface area contributed by atoms with E-state index in [2.05, 4.69) is 10.2 Å². The van der Waals surface area contributed by atoms with Crippen molar-refractivity contribution in [3.63, 3.8) is 0 Å². The summed E-state index contributed by atoms with van der Waals surface area (Å²) in [6.07, 6.45) is -0.0706. The number of carbonyl (C=O) groups excluding carboxylic acids is 1. The first-order valence-electron chi connectivity index (χ1n) is 6.89. The summed E-state index contributed by atoms with van der Waals surface area (Å²) in [5.74, 6) is -0.944. The summed E-state index contributed by atoms with van der Waals surface area (Å²) in [4.78, 5) is 23.5. The van der Waals surface area contributed by atoms with Crippen molar-refractivity contribution in [2.24, 2.45) is 5.73 Å². The maximum Gasteiger partial charge on any atom is 0.267 e. The fourth-order valence-corrected chi connectivity index (χ4v) is 2.58. The average molecular weight is 321 g/mol. The minimum Gasteiger partial charge on any atom is -0.502 e. The van der Waals surface area contributed by atoms with Crippen LogP contribution in [0.15, 0.2) is 16.9 Å². The van der Waals surface area contributed by atoms with E-state index in [0.29, 0.717) is 16.8 Å². The number of carbonyl (C=O) groups is 1. The number of aromatic hydroxyl groups is 1. The van der Waals surface area contributed by atoms with Crippen LogP contribution in [-0.4, -0.2) is 35.4 Å². The molecule has 124 valence electrons. The molecule has 23 heavy (non-hydrogen) atoms. The van der Waals surface area contributed by atoms with E-state index in [1.54, 1.807) is 19.1 Å². The molecule has 0 unspecified atom stereocenters. The van der Waals surface area contributed by atoms with E-state index in [0.717, 1.165) is 0 Å². The Kier molecular flexibility index (Phi) is 4.63. The summed E-state index contributed by atoms with van der Waals surface area (Å²) in [6, 6.07) is 3.11. The van der Waals surface area contributed by atoms with Gasteiger partial charge in [0.05, 0.1) is 14.2 Å². The predicted octanol–water partition coefficient (Wildman–Crippen LogP) is 0.742. The molecule has 5 N–H and O–H groups in total. The van der Waals surface area contributed by atoms with Crippen LogP contribution in [0.4, 0.5) is 0 Å². The van der Waals surface area contributed by atoms with Gasteiger partial charge in [-0.1, -0.05) is 0 Å². The molecule has 0 saturated heterocycles. The Morgan fingerprint density at radius 3 is 2.22 bits per heavy atom. The van der Waals surface area contributed by atoms with Gasteiger partial charge < -0.3 is 25.4 Å². The monoisotopic (exact) mass is 321 g/mol. The highest BCUT2D eigenvalue weighted by atomic mass is 16.5. The molecule has 1 heterocycles. The summed E-state index contributed by atoms with van der Waals surface area (Å²) in [7, 11) is 2.80. The fraction of sp³-hybridized carbons (Fsp3) is 0.333. The lowest BCUT2D eigenvalue weighted by atomic mass is 9.88. The number of aromatic amines is 2. The number of amides is 1. The Bertz CT molecular complexity index is 753. The number of rotatable bonds is 6. The fourth-order valence-electron chi connectivity index (χ4n) is 2.58. The molecule has 0 spiro atoms. The molecule has 8 heteroatoms. The quantitative estimate of drug-likeness (QED) is 0.623. The van der Waals surface area contributed by atoms with Crippen LogP contribution in [0.2, 0.25) is 0 Å². The number of hydrogen-bond acceptors (Lipinski definition) is 5. The number of aryl methyl sites for hydroxylation is 1. The number of nitrogens with two attached hydrogens (primary N) is 1. The average Bonchev–Trinajstić information content (AvgIpc) is 2.84. The zero-order chi connectivity index (χ0) is 17.1. The topological polar surface area (TPSA) is 130 Å². The summed E-state index contributed by atoms with van der Waals surface area (Å²) < 4.78 is 10.2. The Hall–Kier alpha value is -2.90. The summed E-state index contributed by atoms with van der Waals surface area (Å²) >= 11 is 0. The SMILES string of the molecule is COc1cc([C@H](CC(N)=O)c2c(C)[nH][nH]c2=O)cc(OC)c1O. The van der Waals surface area contributed by atoms with E-state index < -0.39 is 11.8 Å². The number of nitrogens with one attached hydrogen (secondary N) is 2. The number of phenols is 1. The van der Waals surface area contributed by atoms with Crippen molar-refractivity contribution in [1.82, 2.24) is 10.2 Å². The molecule has 0 aliphatic carbocycles. The van der Waals surface area contributed by atoms with Gasteiger partial charge in [-0.25, -0.2) is 0 Å². The molecule has 2 rings (SSSR count). The third-order valence-corrected chi connectivity index (χ3v) is 3.67. The molecule has 2 aromatic rings. The van der Waals surface area contributed by atoms with Gasteiger partial charge in [-0.3, -0.25) is 14.7 Å². The first kappa shape index (κ1) is 16.5. The van der Waals surface area contributed by atoms with Gasteiger partial charge in [-0.2, -0.15) is 0 Å². The lowest BCUT2D eigenvalue weighted by Crippen LogP contribution is -2.20. The molecule has 0 saturated carbocycles. The van der Waals surface area contributed by atoms with Gasteiger partial charge in [0.1, 0.15) is 0 Å². The maximum atomic E-state index is 12.1. The van der Waals surface area contributed by atoms with Gasteiger partial charge in [0.2, 0.25) is 11.7 Å². The molecule has 1 aromatic heterocycles. The van der Waals surface area contributed by atoms with Crippen LogP contribution in [0.3, 0.4) is 0 Å². The third-order valence-electron chi connectivity index (χ3n) is 3.67. The molecule has 1 aromatic carbocycles. The highest BCUT2D eigenvalue weighted by Crippen LogP contribution is 2.41. The van der Waals surface area contributed by atoms with Gasteiger partial charge >= 0.3 is 0 Å². The molecule has 8 nitrogen and oxygen atoms in total. The van der Waals surface area contributed by atoms with E-state index >= 15 is 0 Å². The van der Waals surface area contributed by atoms with E-state index in [-0.39, 0.29) is 29.2 Å². The van der Waals surface area contributed by atoms with Crippen LogP contribution in [0.25, 0.3) is 0 Å². The Morgan fingerprint density at radius 2 is 1.83 bits per heavy atom. The van der Waals surface area contributed by atoms with Crippen molar-refractivity contribution < 1.29 is 19.4 Å². The minimum atomic E-state index is -0.592. The molecule has 0 aliphatic heterocycles. The van der Waals surface area contributed by atoms with Gasteiger partial charge in [-0.05, 0) is 24.6 Å². The van der Waals surface area contributed by atoms with Gasteiger partial charge in [0, 0.05) is 23.6 Å². The first-order chi connectivity index (χ1) is 10.9. The third kappa shape index (κ3) is 3.15. The van der Waals surface area contributed by atoms with Crippen molar-refractivity contribution in [1.29, 1.82) is 0 Å². The van der Waals surface area contributed by atoms with Gasteiger partial charge in [0.15, 0.2) is 11.5 Å². The zero-order valence-electron chi connectivity index (χ0n) is 13.1. The summed E-state index contributed by atoms with van der Waals surface area (Å²) in [5, 5.41) is 15.2. The second-order valence-electron chi connectivity index (χ2n) is 5.11. The largest absolute Gasteiger partial charge is 0.502 e. The van der Waals surface area contributed by atoms with E-state index in [9.17, 15) is 14.7 Å². The molecular formula is C15H19N3O5. The first-order valence-corrected chi connectivity index (χ1v) is 6.89. The molecule has 0 bridgehead atoms. The Balaban J connectivity index is 2.65. The van der Waals surface area contributed by atoms with Crippen LogP contribution >= 0.6 is 0 Å². The Morgan fingerprint density at radius 1 is 1.26 bits per heavy atom. The van der Waals surface area contributed by atoms with Gasteiger partial charge in [0.25, 0.3) is 5.56 Å². The zero-order valence-corrected chi connectivity index (χ0v) is 13.1. The number of benzene rings is 1. The molecule has 1 amide bonds. The number of aromatic nitrogens is 2. The second kappa shape index (κ2) is 6.47. The number of H-pyrrole nitrogens is 2. The van der Waals surface area contributed by atoms with Crippen molar-refractivity contribution in [2.75, 3.05) is 14.2 Å². The molecule has 1 atom stereocenters. The van der Waals surface area contributed by atoms with Crippen LogP contribution in [0.5, 0.6) is 17.2 Å². The van der Waals surface area contributed by atoms with Crippen LogP contribution in [0, 0.1) is 6.92 Å². The lowest BCUT2D eigenvalue weighted by Gasteiger charge is -2.18. The second-order valence-corrected chi connectivity index (χ2v) is 5.11. The van der Waals surface area contributed by atoms with Crippen molar-refractivity contribution in [2.45, 2.75) is 19.3 Å². The number of phenolic OH excluding ortho intramolecular Hbond substituents is 1. The highest BCUT2D eigenvalue weighted by molar-refractivity contribution is 5.75. The predicted molar refractivity (Wildman–Crippen MR) is 83.0 cm³/mol. The molecule has 0 fully saturated rings. The van der Waals surface area contributed by atoms with Crippen molar-refractivity contribution in [3.05, 3.63) is 39.3 Å². The van der Waals surface area contributed by atoms with Crippen LogP contribution in [0.1, 0.15) is 29.2 Å². The van der Waals surface area contributed by atoms with E-state index in [1.807, 2.05) is 0 Å². The number of methoxy groups -OCH3 is 2. The van der Waals surface area contributed by atoms with Gasteiger partial charge in [-0.15, -0.1) is 0 Å². The minimum absolute atomic E-state index is 0.0706. The van der Waals surface area contributed by atoms with E-state index in [4.69, 9.17) is 15.2 Å². The standard InChI is InChI=1S/C15H19N3O5/c1-7-13(15(21)18-17-7)9(6-12(16)19)8-4-10(22-2)14(20)11(5-8)23-3/h4-5,9,20H,6H2,1-3H3,(H2,16,19)(H2,17,18,21)/t9-/m0/s1. The lowest BCUT2D eigenvalue weighted by molar-refractivity contribution is -0.118. The molecule has 0 radical (unpaired) electrons. The number of ether oxygens (including phenoxy) is 2.